The molecule has 1 fully saturated rings. The van der Waals surface area contributed by atoms with Crippen molar-refractivity contribution in [1.29, 1.82) is 0 Å². The molecular weight excluding hydrogens is 306 g/mol. The summed E-state index contributed by atoms with van der Waals surface area (Å²) < 4.78 is 34.3. The van der Waals surface area contributed by atoms with Gasteiger partial charge in [0.15, 0.2) is 11.5 Å². The Morgan fingerprint density at radius 3 is 2.86 bits per heavy atom. The standard InChI is InChI=1S/C12H10F2N2O4S/c13-12(14)19-8-2-1-7(5-9(8)20-12)15-10(17)6-16-3-4-21-11(16)18/h1-2,5H,3-4,6H2,(H,15,17). The summed E-state index contributed by atoms with van der Waals surface area (Å²) >= 11 is 1.16. The average Bonchev–Trinajstić information content (AvgIpc) is 2.91. The lowest BCUT2D eigenvalue weighted by atomic mass is 10.2. The van der Waals surface area contributed by atoms with Crippen LogP contribution in [0.4, 0.5) is 19.3 Å². The van der Waals surface area contributed by atoms with Crippen molar-refractivity contribution in [2.24, 2.45) is 0 Å². The van der Waals surface area contributed by atoms with Crippen molar-refractivity contribution in [3.05, 3.63) is 18.2 Å². The number of nitrogens with one attached hydrogen (secondary N) is 1. The van der Waals surface area contributed by atoms with Crippen LogP contribution in [-0.2, 0) is 4.79 Å². The van der Waals surface area contributed by atoms with E-state index >= 15 is 0 Å². The fraction of sp³-hybridized carbons (Fsp3) is 0.333. The molecule has 2 aliphatic heterocycles. The fourth-order valence-corrected chi connectivity index (χ4v) is 2.79. The molecule has 0 aliphatic carbocycles. The van der Waals surface area contributed by atoms with E-state index in [4.69, 9.17) is 0 Å². The number of nitrogens with zero attached hydrogens (tertiary/aromatic N) is 1. The number of anilines is 1. The SMILES string of the molecule is O=C(CN1CCSC1=O)Nc1ccc2c(c1)OC(F)(F)O2. The molecule has 0 saturated carbocycles. The topological polar surface area (TPSA) is 67.9 Å². The van der Waals surface area contributed by atoms with Gasteiger partial charge in [-0.2, -0.15) is 0 Å². The molecule has 9 heteroatoms. The minimum atomic E-state index is -3.69. The molecule has 0 radical (unpaired) electrons. The van der Waals surface area contributed by atoms with E-state index in [0.29, 0.717) is 18.0 Å². The second-order valence-electron chi connectivity index (χ2n) is 4.41. The van der Waals surface area contributed by atoms with Crippen LogP contribution in [0, 0.1) is 0 Å². The first-order valence-corrected chi connectivity index (χ1v) is 7.03. The highest BCUT2D eigenvalue weighted by Gasteiger charge is 2.43. The maximum Gasteiger partial charge on any atom is 0.586 e. The summed E-state index contributed by atoms with van der Waals surface area (Å²) in [6, 6.07) is 3.94. The number of fused-ring (bicyclic) bond motifs is 1. The van der Waals surface area contributed by atoms with Gasteiger partial charge in [-0.1, -0.05) is 11.8 Å². The molecule has 0 spiro atoms. The van der Waals surface area contributed by atoms with E-state index < -0.39 is 12.2 Å². The number of carbonyl (C=O) groups excluding carboxylic acids is 2. The Kier molecular flexibility index (Phi) is 3.36. The molecule has 1 aromatic rings. The highest BCUT2D eigenvalue weighted by atomic mass is 32.2. The molecule has 1 saturated heterocycles. The van der Waals surface area contributed by atoms with Crippen LogP contribution in [0.5, 0.6) is 11.5 Å². The zero-order chi connectivity index (χ0) is 15.0. The van der Waals surface area contributed by atoms with Crippen molar-refractivity contribution in [3.8, 4) is 11.5 Å². The summed E-state index contributed by atoms with van der Waals surface area (Å²) in [5.74, 6) is 0.0109. The fourth-order valence-electron chi connectivity index (χ4n) is 1.97. The van der Waals surface area contributed by atoms with Gasteiger partial charge in [-0.25, -0.2) is 0 Å². The summed E-state index contributed by atoms with van der Waals surface area (Å²) in [5, 5.41) is 2.38. The van der Waals surface area contributed by atoms with Gasteiger partial charge in [0.05, 0.1) is 0 Å². The minimum Gasteiger partial charge on any atom is -0.395 e. The van der Waals surface area contributed by atoms with E-state index in [9.17, 15) is 18.4 Å². The number of thioether (sulfide) groups is 1. The van der Waals surface area contributed by atoms with Gasteiger partial charge in [-0.15, -0.1) is 8.78 Å². The smallest absolute Gasteiger partial charge is 0.395 e. The Labute approximate surface area is 122 Å². The van der Waals surface area contributed by atoms with E-state index in [-0.39, 0.29) is 23.3 Å². The Morgan fingerprint density at radius 2 is 2.14 bits per heavy atom. The molecule has 2 heterocycles. The van der Waals surface area contributed by atoms with Crippen LogP contribution in [0.1, 0.15) is 0 Å². The number of benzene rings is 1. The number of hydrogen-bond donors (Lipinski definition) is 1. The van der Waals surface area contributed by atoms with E-state index in [1.165, 1.54) is 23.1 Å². The van der Waals surface area contributed by atoms with Crippen LogP contribution in [-0.4, -0.2) is 41.2 Å². The minimum absolute atomic E-state index is 0.0730. The number of amides is 2. The first-order valence-electron chi connectivity index (χ1n) is 6.04. The van der Waals surface area contributed by atoms with Crippen molar-refractivity contribution in [2.45, 2.75) is 6.29 Å². The van der Waals surface area contributed by atoms with Crippen LogP contribution >= 0.6 is 11.8 Å². The van der Waals surface area contributed by atoms with Gasteiger partial charge in [0.1, 0.15) is 6.54 Å². The molecule has 3 rings (SSSR count). The van der Waals surface area contributed by atoms with E-state index in [2.05, 4.69) is 14.8 Å². The van der Waals surface area contributed by atoms with Crippen LogP contribution in [0.2, 0.25) is 0 Å². The monoisotopic (exact) mass is 316 g/mol. The third-order valence-corrected chi connectivity index (χ3v) is 3.76. The summed E-state index contributed by atoms with van der Waals surface area (Å²) in [7, 11) is 0. The summed E-state index contributed by atoms with van der Waals surface area (Å²) in [6.45, 7) is 0.445. The van der Waals surface area contributed by atoms with Gasteiger partial charge in [-0.05, 0) is 12.1 Å². The van der Waals surface area contributed by atoms with Gasteiger partial charge in [0.2, 0.25) is 5.91 Å². The lowest BCUT2D eigenvalue weighted by molar-refractivity contribution is -0.286. The summed E-state index contributed by atoms with van der Waals surface area (Å²) in [4.78, 5) is 24.6. The number of hydrogen-bond acceptors (Lipinski definition) is 5. The molecule has 0 bridgehead atoms. The average molecular weight is 316 g/mol. The maximum absolute atomic E-state index is 12.9. The van der Waals surface area contributed by atoms with E-state index in [0.717, 1.165) is 11.8 Å². The summed E-state index contributed by atoms with van der Waals surface area (Å²) in [5.41, 5.74) is 0.291. The van der Waals surface area contributed by atoms with E-state index in [1.807, 2.05) is 0 Å². The number of ether oxygens (including phenoxy) is 2. The Balaban J connectivity index is 1.64. The van der Waals surface area contributed by atoms with Crippen LogP contribution < -0.4 is 14.8 Å². The second-order valence-corrected chi connectivity index (χ2v) is 5.46. The third kappa shape index (κ3) is 3.02. The molecule has 21 heavy (non-hydrogen) atoms. The quantitative estimate of drug-likeness (QED) is 0.925. The predicted octanol–water partition coefficient (Wildman–Crippen LogP) is 2.12. The zero-order valence-electron chi connectivity index (χ0n) is 10.6. The van der Waals surface area contributed by atoms with Crippen molar-refractivity contribution < 1.29 is 27.8 Å². The van der Waals surface area contributed by atoms with Gasteiger partial charge in [-0.3, -0.25) is 9.59 Å². The van der Waals surface area contributed by atoms with Crippen LogP contribution in [0.3, 0.4) is 0 Å². The Hall–Kier alpha value is -2.03. The highest BCUT2D eigenvalue weighted by Crippen LogP contribution is 2.42. The summed E-state index contributed by atoms with van der Waals surface area (Å²) in [6.07, 6.45) is -3.69. The first-order chi connectivity index (χ1) is 9.93. The highest BCUT2D eigenvalue weighted by molar-refractivity contribution is 8.13. The van der Waals surface area contributed by atoms with Gasteiger partial charge in [0.25, 0.3) is 5.24 Å². The molecule has 0 unspecified atom stereocenters. The van der Waals surface area contributed by atoms with Gasteiger partial charge < -0.3 is 19.7 Å². The molecule has 2 aliphatic rings. The molecular formula is C12H10F2N2O4S. The molecule has 1 N–H and O–H groups in total. The first kappa shape index (κ1) is 13.9. The maximum atomic E-state index is 12.9. The Morgan fingerprint density at radius 1 is 1.38 bits per heavy atom. The van der Waals surface area contributed by atoms with Gasteiger partial charge in [0, 0.05) is 24.1 Å². The van der Waals surface area contributed by atoms with Crippen molar-refractivity contribution in [3.63, 3.8) is 0 Å². The van der Waals surface area contributed by atoms with E-state index in [1.54, 1.807) is 0 Å². The largest absolute Gasteiger partial charge is 0.586 e. The van der Waals surface area contributed by atoms with Gasteiger partial charge >= 0.3 is 6.29 Å². The zero-order valence-corrected chi connectivity index (χ0v) is 11.4. The van der Waals surface area contributed by atoms with Crippen molar-refractivity contribution in [1.82, 2.24) is 4.90 Å². The number of rotatable bonds is 3. The second kappa shape index (κ2) is 5.06. The number of alkyl halides is 2. The molecule has 0 atom stereocenters. The number of carbonyl (C=O) groups is 2. The lowest BCUT2D eigenvalue weighted by Crippen LogP contribution is -2.33. The molecule has 0 aromatic heterocycles. The Bertz CT molecular complexity index is 611. The van der Waals surface area contributed by atoms with Crippen molar-refractivity contribution >= 4 is 28.6 Å². The van der Waals surface area contributed by atoms with Crippen LogP contribution in [0.15, 0.2) is 18.2 Å². The molecule has 2 amide bonds. The van der Waals surface area contributed by atoms with Crippen molar-refractivity contribution in [2.75, 3.05) is 24.2 Å². The molecule has 1 aromatic carbocycles. The lowest BCUT2D eigenvalue weighted by Gasteiger charge is -2.14. The molecule has 112 valence electrons. The number of halogens is 2. The third-order valence-electron chi connectivity index (χ3n) is 2.86. The van der Waals surface area contributed by atoms with Crippen LogP contribution in [0.25, 0.3) is 0 Å². The predicted molar refractivity (Wildman–Crippen MR) is 70.7 cm³/mol. The molecule has 6 nitrogen and oxygen atoms in total. The normalized spacial score (nSPS) is 19.0.